The Labute approximate surface area is 140 Å². The van der Waals surface area contributed by atoms with Crippen LogP contribution in [0.25, 0.3) is 22.8 Å². The van der Waals surface area contributed by atoms with Crippen molar-refractivity contribution < 1.29 is 19.1 Å². The number of nitro groups is 2. The minimum Gasteiger partial charge on any atom is -0.497 e. The highest BCUT2D eigenvalue weighted by atomic mass is 16.6. The zero-order valence-corrected chi connectivity index (χ0v) is 12.8. The van der Waals surface area contributed by atoms with Crippen LogP contribution in [-0.2, 0) is 0 Å². The standard InChI is InChI=1S/C15H10N4O6/c1-24-11-4-2-3-9(7-11)14-16-15(25-17-14)12-6-5-10(18(20)21)8-13(12)19(22)23/h2-8H,1H3. The van der Waals surface area contributed by atoms with E-state index in [1.807, 2.05) is 0 Å². The predicted octanol–water partition coefficient (Wildman–Crippen LogP) is 3.23. The third-order valence-corrected chi connectivity index (χ3v) is 3.37. The van der Waals surface area contributed by atoms with Gasteiger partial charge in [-0.1, -0.05) is 17.3 Å². The zero-order chi connectivity index (χ0) is 18.0. The first-order chi connectivity index (χ1) is 12.0. The van der Waals surface area contributed by atoms with E-state index in [0.29, 0.717) is 11.3 Å². The highest BCUT2D eigenvalue weighted by Crippen LogP contribution is 2.33. The third kappa shape index (κ3) is 3.13. The van der Waals surface area contributed by atoms with Crippen molar-refractivity contribution in [1.82, 2.24) is 10.1 Å². The molecular weight excluding hydrogens is 332 g/mol. The molecule has 10 heteroatoms. The molecule has 25 heavy (non-hydrogen) atoms. The van der Waals surface area contributed by atoms with E-state index >= 15 is 0 Å². The maximum Gasteiger partial charge on any atom is 0.289 e. The molecule has 10 nitrogen and oxygen atoms in total. The van der Waals surface area contributed by atoms with Crippen LogP contribution in [0.3, 0.4) is 0 Å². The van der Waals surface area contributed by atoms with E-state index in [1.54, 1.807) is 24.3 Å². The molecule has 0 atom stereocenters. The summed E-state index contributed by atoms with van der Waals surface area (Å²) >= 11 is 0. The predicted molar refractivity (Wildman–Crippen MR) is 85.0 cm³/mol. The maximum atomic E-state index is 11.2. The molecule has 0 aliphatic carbocycles. The van der Waals surface area contributed by atoms with E-state index in [1.165, 1.54) is 13.2 Å². The van der Waals surface area contributed by atoms with Gasteiger partial charge in [0.2, 0.25) is 5.82 Å². The van der Waals surface area contributed by atoms with Gasteiger partial charge in [0.05, 0.1) is 23.0 Å². The summed E-state index contributed by atoms with van der Waals surface area (Å²) in [5.41, 5.74) is -0.297. The second kappa shape index (κ2) is 6.35. The average Bonchev–Trinajstić information content (AvgIpc) is 3.11. The smallest absolute Gasteiger partial charge is 0.289 e. The van der Waals surface area contributed by atoms with Gasteiger partial charge in [-0.25, -0.2) is 0 Å². The fraction of sp³-hybridized carbons (Fsp3) is 0.0667. The van der Waals surface area contributed by atoms with Crippen LogP contribution in [-0.4, -0.2) is 27.1 Å². The molecular formula is C15H10N4O6. The maximum absolute atomic E-state index is 11.2. The molecule has 1 aromatic heterocycles. The Kier molecular flexibility index (Phi) is 4.08. The van der Waals surface area contributed by atoms with Crippen LogP contribution in [0.4, 0.5) is 11.4 Å². The molecule has 0 saturated heterocycles. The van der Waals surface area contributed by atoms with E-state index in [0.717, 1.165) is 12.1 Å². The Morgan fingerprint density at radius 3 is 2.56 bits per heavy atom. The number of hydrogen-bond donors (Lipinski definition) is 0. The third-order valence-electron chi connectivity index (χ3n) is 3.37. The number of nitrogens with zero attached hydrogens (tertiary/aromatic N) is 4. The monoisotopic (exact) mass is 342 g/mol. The largest absolute Gasteiger partial charge is 0.497 e. The number of nitro benzene ring substituents is 2. The Bertz CT molecular complexity index is 968. The number of hydrogen-bond acceptors (Lipinski definition) is 8. The lowest BCUT2D eigenvalue weighted by molar-refractivity contribution is -0.393. The average molecular weight is 342 g/mol. The van der Waals surface area contributed by atoms with Crippen molar-refractivity contribution in [3.05, 3.63) is 62.7 Å². The first kappa shape index (κ1) is 16.1. The minimum absolute atomic E-state index is 0.00255. The Morgan fingerprint density at radius 1 is 1.08 bits per heavy atom. The molecule has 0 aliphatic heterocycles. The first-order valence-electron chi connectivity index (χ1n) is 6.91. The van der Waals surface area contributed by atoms with Crippen molar-refractivity contribution in [1.29, 1.82) is 0 Å². The molecule has 126 valence electrons. The van der Waals surface area contributed by atoms with E-state index in [-0.39, 0.29) is 17.3 Å². The number of ether oxygens (including phenoxy) is 1. The van der Waals surface area contributed by atoms with Gasteiger partial charge in [-0.3, -0.25) is 20.2 Å². The van der Waals surface area contributed by atoms with Gasteiger partial charge in [0.25, 0.3) is 17.3 Å². The topological polar surface area (TPSA) is 134 Å². The number of benzene rings is 2. The lowest BCUT2D eigenvalue weighted by Gasteiger charge is -2.00. The van der Waals surface area contributed by atoms with Crippen molar-refractivity contribution in [2.24, 2.45) is 0 Å². The molecule has 3 aromatic rings. The highest BCUT2D eigenvalue weighted by molar-refractivity contribution is 5.71. The second-order valence-electron chi connectivity index (χ2n) is 4.87. The molecule has 2 aromatic carbocycles. The second-order valence-corrected chi connectivity index (χ2v) is 4.87. The van der Waals surface area contributed by atoms with Crippen LogP contribution in [0.15, 0.2) is 47.0 Å². The van der Waals surface area contributed by atoms with Gasteiger partial charge in [0.1, 0.15) is 11.3 Å². The van der Waals surface area contributed by atoms with Gasteiger partial charge >= 0.3 is 0 Å². The summed E-state index contributed by atoms with van der Waals surface area (Å²) in [5.74, 6) is 0.686. The summed E-state index contributed by atoms with van der Waals surface area (Å²) in [6.07, 6.45) is 0. The lowest BCUT2D eigenvalue weighted by Crippen LogP contribution is -1.95. The van der Waals surface area contributed by atoms with Crippen molar-refractivity contribution in [3.63, 3.8) is 0 Å². The van der Waals surface area contributed by atoms with Crippen LogP contribution in [0.1, 0.15) is 0 Å². The van der Waals surface area contributed by atoms with E-state index < -0.39 is 21.2 Å². The molecule has 3 rings (SSSR count). The SMILES string of the molecule is COc1cccc(-c2noc(-c3ccc([N+](=O)[O-])cc3[N+](=O)[O-])n2)c1. The van der Waals surface area contributed by atoms with Crippen molar-refractivity contribution >= 4 is 11.4 Å². The van der Waals surface area contributed by atoms with Crippen LogP contribution in [0.5, 0.6) is 5.75 Å². The summed E-state index contributed by atoms with van der Waals surface area (Å²) < 4.78 is 10.2. The van der Waals surface area contributed by atoms with Gasteiger partial charge in [-0.05, 0) is 18.2 Å². The lowest BCUT2D eigenvalue weighted by atomic mass is 10.1. The molecule has 0 aliphatic rings. The molecule has 0 spiro atoms. The van der Waals surface area contributed by atoms with Gasteiger partial charge in [-0.15, -0.1) is 0 Å². The fourth-order valence-electron chi connectivity index (χ4n) is 2.18. The first-order valence-corrected chi connectivity index (χ1v) is 6.91. The molecule has 0 saturated carbocycles. The number of rotatable bonds is 5. The molecule has 0 radical (unpaired) electrons. The van der Waals surface area contributed by atoms with Crippen LogP contribution < -0.4 is 4.74 Å². The minimum atomic E-state index is -0.738. The zero-order valence-electron chi connectivity index (χ0n) is 12.8. The van der Waals surface area contributed by atoms with Crippen LogP contribution in [0, 0.1) is 20.2 Å². The quantitative estimate of drug-likeness (QED) is 0.509. The molecule has 1 heterocycles. The number of methoxy groups -OCH3 is 1. The normalized spacial score (nSPS) is 10.4. The molecule has 0 amide bonds. The van der Waals surface area contributed by atoms with E-state index in [4.69, 9.17) is 9.26 Å². The molecule has 0 bridgehead atoms. The Hall–Kier alpha value is -3.82. The molecule has 0 unspecified atom stereocenters. The van der Waals surface area contributed by atoms with Crippen LogP contribution in [0.2, 0.25) is 0 Å². The number of aromatic nitrogens is 2. The summed E-state index contributed by atoms with van der Waals surface area (Å²) in [5, 5.41) is 25.8. The highest BCUT2D eigenvalue weighted by Gasteiger charge is 2.24. The summed E-state index contributed by atoms with van der Waals surface area (Å²) in [6.45, 7) is 0. The van der Waals surface area contributed by atoms with Gasteiger partial charge in [-0.2, -0.15) is 4.98 Å². The fourth-order valence-corrected chi connectivity index (χ4v) is 2.18. The molecule has 0 N–H and O–H groups in total. The van der Waals surface area contributed by atoms with E-state index in [9.17, 15) is 20.2 Å². The van der Waals surface area contributed by atoms with Crippen molar-refractivity contribution in [2.45, 2.75) is 0 Å². The summed E-state index contributed by atoms with van der Waals surface area (Å²) in [4.78, 5) is 24.7. The molecule has 0 fully saturated rings. The van der Waals surface area contributed by atoms with Gasteiger partial charge < -0.3 is 9.26 Å². The van der Waals surface area contributed by atoms with Crippen LogP contribution >= 0.6 is 0 Å². The van der Waals surface area contributed by atoms with Crippen molar-refractivity contribution in [2.75, 3.05) is 7.11 Å². The van der Waals surface area contributed by atoms with Gasteiger partial charge in [0.15, 0.2) is 0 Å². The van der Waals surface area contributed by atoms with Crippen molar-refractivity contribution in [3.8, 4) is 28.6 Å². The van der Waals surface area contributed by atoms with E-state index in [2.05, 4.69) is 10.1 Å². The van der Waals surface area contributed by atoms with Gasteiger partial charge in [0, 0.05) is 11.6 Å². The Morgan fingerprint density at radius 2 is 1.88 bits per heavy atom. The number of non-ortho nitro benzene ring substituents is 1. The summed E-state index contributed by atoms with van der Waals surface area (Å²) in [7, 11) is 1.51. The summed E-state index contributed by atoms with van der Waals surface area (Å²) in [6, 6.07) is 10.1. The Balaban J connectivity index is 2.05.